The third kappa shape index (κ3) is 2.77. The topological polar surface area (TPSA) is 59.2 Å². The average Bonchev–Trinajstić information content (AvgIpc) is 3.13. The summed E-state index contributed by atoms with van der Waals surface area (Å²) in [6, 6.07) is 7.84. The minimum atomic E-state index is -0.0351. The van der Waals surface area contributed by atoms with Crippen LogP contribution in [0.15, 0.2) is 35.8 Å². The van der Waals surface area contributed by atoms with Crippen molar-refractivity contribution in [2.24, 2.45) is 0 Å². The number of aromatic nitrogens is 1. The Morgan fingerprint density at radius 2 is 2.24 bits per heavy atom. The van der Waals surface area contributed by atoms with Gasteiger partial charge in [-0.2, -0.15) is 0 Å². The van der Waals surface area contributed by atoms with Crippen molar-refractivity contribution in [1.29, 1.82) is 0 Å². The van der Waals surface area contributed by atoms with E-state index in [9.17, 15) is 4.79 Å². The number of nitrogens with two attached hydrogens (primary N) is 1. The second-order valence-corrected chi connectivity index (χ2v) is 6.79. The molecule has 108 valence electrons. The highest BCUT2D eigenvalue weighted by atomic mass is 32.1. The van der Waals surface area contributed by atoms with Crippen molar-refractivity contribution in [2.75, 3.05) is 19.3 Å². The van der Waals surface area contributed by atoms with E-state index in [1.165, 1.54) is 16.2 Å². The molecule has 2 N–H and O–H groups in total. The van der Waals surface area contributed by atoms with Crippen LogP contribution in [0, 0.1) is 0 Å². The molecule has 0 bridgehead atoms. The summed E-state index contributed by atoms with van der Waals surface area (Å²) in [7, 11) is 1.81. The summed E-state index contributed by atoms with van der Waals surface area (Å²) >= 11 is 3.07. The number of likely N-dealkylation sites (N-methyl/N-ethyl adjacent to an activating group) is 1. The van der Waals surface area contributed by atoms with Crippen molar-refractivity contribution >= 4 is 44.5 Å². The summed E-state index contributed by atoms with van der Waals surface area (Å²) < 4.78 is 0. The van der Waals surface area contributed by atoms with Gasteiger partial charge < -0.3 is 10.6 Å². The zero-order valence-corrected chi connectivity index (χ0v) is 13.2. The SMILES string of the molecule is CN(CCc1cccs1)C(=O)c1sc2ncccc2c1N. The molecule has 0 fully saturated rings. The molecular weight excluding hydrogens is 302 g/mol. The van der Waals surface area contributed by atoms with Crippen LogP contribution in [-0.4, -0.2) is 29.4 Å². The first kappa shape index (κ1) is 14.0. The van der Waals surface area contributed by atoms with E-state index in [0.717, 1.165) is 16.6 Å². The van der Waals surface area contributed by atoms with Crippen LogP contribution < -0.4 is 5.73 Å². The van der Waals surface area contributed by atoms with E-state index in [2.05, 4.69) is 11.1 Å². The van der Waals surface area contributed by atoms with Gasteiger partial charge >= 0.3 is 0 Å². The van der Waals surface area contributed by atoms with Crippen LogP contribution in [0.25, 0.3) is 10.2 Å². The van der Waals surface area contributed by atoms with Crippen LogP contribution in [0.3, 0.4) is 0 Å². The second kappa shape index (κ2) is 5.83. The maximum absolute atomic E-state index is 12.5. The highest BCUT2D eigenvalue weighted by molar-refractivity contribution is 7.21. The zero-order chi connectivity index (χ0) is 14.8. The highest BCUT2D eigenvalue weighted by Gasteiger charge is 2.20. The molecule has 1 amide bonds. The van der Waals surface area contributed by atoms with Gasteiger partial charge in [-0.05, 0) is 30.0 Å². The van der Waals surface area contributed by atoms with Crippen LogP contribution in [0.1, 0.15) is 14.5 Å². The number of pyridine rings is 1. The molecule has 4 nitrogen and oxygen atoms in total. The molecule has 0 saturated carbocycles. The summed E-state index contributed by atoms with van der Waals surface area (Å²) in [6.07, 6.45) is 2.58. The van der Waals surface area contributed by atoms with E-state index in [0.29, 0.717) is 17.1 Å². The Hall–Kier alpha value is -1.92. The predicted molar refractivity (Wildman–Crippen MR) is 89.0 cm³/mol. The number of hydrogen-bond acceptors (Lipinski definition) is 5. The number of fused-ring (bicyclic) bond motifs is 1. The fourth-order valence-corrected chi connectivity index (χ4v) is 3.87. The fraction of sp³-hybridized carbons (Fsp3) is 0.200. The minimum absolute atomic E-state index is 0.0351. The van der Waals surface area contributed by atoms with E-state index in [-0.39, 0.29) is 5.91 Å². The molecule has 6 heteroatoms. The number of nitrogens with zero attached hydrogens (tertiary/aromatic N) is 2. The highest BCUT2D eigenvalue weighted by Crippen LogP contribution is 2.32. The second-order valence-electron chi connectivity index (χ2n) is 4.76. The van der Waals surface area contributed by atoms with Gasteiger partial charge in [-0.3, -0.25) is 4.79 Å². The van der Waals surface area contributed by atoms with Crippen molar-refractivity contribution in [2.45, 2.75) is 6.42 Å². The van der Waals surface area contributed by atoms with E-state index in [4.69, 9.17) is 5.73 Å². The van der Waals surface area contributed by atoms with Gasteiger partial charge in [0.15, 0.2) is 0 Å². The molecule has 0 aliphatic heterocycles. The molecular formula is C15H15N3OS2. The van der Waals surface area contributed by atoms with E-state index < -0.39 is 0 Å². The van der Waals surface area contributed by atoms with Gasteiger partial charge in [0.1, 0.15) is 9.71 Å². The number of nitrogen functional groups attached to an aromatic ring is 1. The first-order valence-corrected chi connectivity index (χ1v) is 8.27. The Morgan fingerprint density at radius 3 is 2.95 bits per heavy atom. The molecule has 0 saturated heterocycles. The molecule has 3 heterocycles. The quantitative estimate of drug-likeness (QED) is 0.803. The third-order valence-corrected chi connectivity index (χ3v) is 5.37. The number of carbonyl (C=O) groups excluding carboxylic acids is 1. The van der Waals surface area contributed by atoms with Crippen LogP contribution in [0.5, 0.6) is 0 Å². The molecule has 3 aromatic heterocycles. The fourth-order valence-electron chi connectivity index (χ4n) is 2.12. The van der Waals surface area contributed by atoms with Crippen LogP contribution in [-0.2, 0) is 6.42 Å². The first-order chi connectivity index (χ1) is 10.2. The number of thiophene rings is 2. The van der Waals surface area contributed by atoms with Crippen molar-refractivity contribution in [3.63, 3.8) is 0 Å². The number of anilines is 1. The molecule has 0 aliphatic rings. The van der Waals surface area contributed by atoms with Crippen molar-refractivity contribution < 1.29 is 4.79 Å². The molecule has 0 aromatic carbocycles. The largest absolute Gasteiger partial charge is 0.397 e. The molecule has 21 heavy (non-hydrogen) atoms. The Kier molecular flexibility index (Phi) is 3.90. The maximum atomic E-state index is 12.5. The third-order valence-electron chi connectivity index (χ3n) is 3.32. The lowest BCUT2D eigenvalue weighted by Crippen LogP contribution is -2.28. The van der Waals surface area contributed by atoms with Gasteiger partial charge in [0.05, 0.1) is 5.69 Å². The Bertz CT molecular complexity index is 764. The Morgan fingerprint density at radius 1 is 1.38 bits per heavy atom. The zero-order valence-electron chi connectivity index (χ0n) is 11.6. The normalized spacial score (nSPS) is 10.9. The van der Waals surface area contributed by atoms with E-state index >= 15 is 0 Å². The molecule has 3 aromatic rings. The number of amides is 1. The van der Waals surface area contributed by atoms with Gasteiger partial charge in [0.2, 0.25) is 0 Å². The van der Waals surface area contributed by atoms with Crippen LogP contribution in [0.2, 0.25) is 0 Å². The van der Waals surface area contributed by atoms with Gasteiger partial charge in [-0.1, -0.05) is 6.07 Å². The number of carbonyl (C=O) groups is 1. The molecule has 0 unspecified atom stereocenters. The lowest BCUT2D eigenvalue weighted by molar-refractivity contribution is 0.0802. The van der Waals surface area contributed by atoms with Gasteiger partial charge in [0.25, 0.3) is 5.91 Å². The van der Waals surface area contributed by atoms with Crippen molar-refractivity contribution in [3.8, 4) is 0 Å². The number of rotatable bonds is 4. The molecule has 0 radical (unpaired) electrons. The monoisotopic (exact) mass is 317 g/mol. The van der Waals surface area contributed by atoms with Gasteiger partial charge in [-0.15, -0.1) is 22.7 Å². The summed E-state index contributed by atoms with van der Waals surface area (Å²) in [5.74, 6) is -0.0351. The van der Waals surface area contributed by atoms with Crippen LogP contribution >= 0.6 is 22.7 Å². The lowest BCUT2D eigenvalue weighted by Gasteiger charge is -2.16. The Balaban J connectivity index is 1.78. The summed E-state index contributed by atoms with van der Waals surface area (Å²) in [4.78, 5) is 21.2. The minimum Gasteiger partial charge on any atom is -0.397 e. The first-order valence-electron chi connectivity index (χ1n) is 6.57. The Labute approximate surface area is 130 Å². The summed E-state index contributed by atoms with van der Waals surface area (Å²) in [5, 5.41) is 2.91. The van der Waals surface area contributed by atoms with Crippen molar-refractivity contribution in [3.05, 3.63) is 45.6 Å². The average molecular weight is 317 g/mol. The molecule has 0 aliphatic carbocycles. The predicted octanol–water partition coefficient (Wildman–Crippen LogP) is 3.25. The number of hydrogen-bond donors (Lipinski definition) is 1. The van der Waals surface area contributed by atoms with Crippen LogP contribution in [0.4, 0.5) is 5.69 Å². The van der Waals surface area contributed by atoms with E-state index in [1.807, 2.05) is 30.6 Å². The summed E-state index contributed by atoms with van der Waals surface area (Å²) in [5.41, 5.74) is 6.63. The smallest absolute Gasteiger partial charge is 0.265 e. The van der Waals surface area contributed by atoms with Crippen molar-refractivity contribution in [1.82, 2.24) is 9.88 Å². The molecule has 0 spiro atoms. The molecule has 0 atom stereocenters. The van der Waals surface area contributed by atoms with Gasteiger partial charge in [0, 0.05) is 30.1 Å². The lowest BCUT2D eigenvalue weighted by atomic mass is 10.2. The molecule has 3 rings (SSSR count). The summed E-state index contributed by atoms with van der Waals surface area (Å²) in [6.45, 7) is 0.681. The maximum Gasteiger partial charge on any atom is 0.265 e. The van der Waals surface area contributed by atoms with E-state index in [1.54, 1.807) is 22.4 Å². The van der Waals surface area contributed by atoms with Gasteiger partial charge in [-0.25, -0.2) is 4.98 Å². The standard InChI is InChI=1S/C15H15N3OS2/c1-18(8-6-10-4-3-9-20-10)15(19)13-12(16)11-5-2-7-17-14(11)21-13/h2-5,7,9H,6,8,16H2,1H3.